The summed E-state index contributed by atoms with van der Waals surface area (Å²) < 4.78 is 1.85. The predicted octanol–water partition coefficient (Wildman–Crippen LogP) is 3.23. The van der Waals surface area contributed by atoms with Crippen LogP contribution in [0.4, 0.5) is 0 Å². The van der Waals surface area contributed by atoms with E-state index in [9.17, 15) is 4.79 Å². The van der Waals surface area contributed by atoms with Crippen molar-refractivity contribution in [2.24, 2.45) is 0 Å². The van der Waals surface area contributed by atoms with Gasteiger partial charge in [-0.25, -0.2) is 9.97 Å². The van der Waals surface area contributed by atoms with E-state index in [-0.39, 0.29) is 11.3 Å². The van der Waals surface area contributed by atoms with Crippen molar-refractivity contribution in [1.29, 1.82) is 0 Å². The first-order chi connectivity index (χ1) is 12.6. The summed E-state index contributed by atoms with van der Waals surface area (Å²) in [6.45, 7) is 4.66. The van der Waals surface area contributed by atoms with E-state index in [1.807, 2.05) is 22.9 Å². The molecule has 2 heterocycles. The number of carbonyl (C=O) groups is 1. The highest BCUT2D eigenvalue weighted by atomic mass is 16.2. The molecular weight excluding hydrogens is 324 g/mol. The topological polar surface area (TPSA) is 59.8 Å². The Bertz CT molecular complexity index is 922. The molecule has 1 N–H and O–H groups in total. The first-order valence-corrected chi connectivity index (χ1v) is 8.87. The van der Waals surface area contributed by atoms with Crippen LogP contribution in [0.5, 0.6) is 0 Å². The number of hydrogen-bond donors (Lipinski definition) is 1. The molecule has 0 spiro atoms. The van der Waals surface area contributed by atoms with Crippen molar-refractivity contribution < 1.29 is 4.79 Å². The third-order valence-corrected chi connectivity index (χ3v) is 4.99. The van der Waals surface area contributed by atoms with Crippen molar-refractivity contribution in [3.63, 3.8) is 0 Å². The van der Waals surface area contributed by atoms with Gasteiger partial charge in [-0.15, -0.1) is 0 Å². The number of carbonyl (C=O) groups excluding carboxylic acids is 1. The van der Waals surface area contributed by atoms with Gasteiger partial charge in [0.15, 0.2) is 0 Å². The number of benzene rings is 1. The minimum Gasteiger partial charge on any atom is -0.351 e. The average Bonchev–Trinajstić information content (AvgIpc) is 3.26. The fourth-order valence-electron chi connectivity index (χ4n) is 3.48. The fraction of sp³-hybridized carbons (Fsp3) is 0.286. The van der Waals surface area contributed by atoms with E-state index in [0.717, 1.165) is 29.8 Å². The fourth-order valence-corrected chi connectivity index (χ4v) is 3.48. The maximum Gasteiger partial charge on any atom is 0.230 e. The lowest BCUT2D eigenvalue weighted by Gasteiger charge is -2.17. The average molecular weight is 346 g/mol. The summed E-state index contributed by atoms with van der Waals surface area (Å²) >= 11 is 0. The third-order valence-electron chi connectivity index (χ3n) is 4.99. The third kappa shape index (κ3) is 3.12. The Morgan fingerprint density at radius 2 is 1.92 bits per heavy atom. The van der Waals surface area contributed by atoms with Crippen LogP contribution in [-0.2, 0) is 16.8 Å². The van der Waals surface area contributed by atoms with Crippen molar-refractivity contribution in [1.82, 2.24) is 19.9 Å². The number of nitrogens with one attached hydrogen (secondary N) is 1. The molecule has 1 aliphatic carbocycles. The smallest absolute Gasteiger partial charge is 0.230 e. The first-order valence-electron chi connectivity index (χ1n) is 8.87. The van der Waals surface area contributed by atoms with Gasteiger partial charge < -0.3 is 5.32 Å². The van der Waals surface area contributed by atoms with Gasteiger partial charge in [0.1, 0.15) is 12.1 Å². The number of imidazole rings is 1. The second kappa shape index (κ2) is 6.41. The summed E-state index contributed by atoms with van der Waals surface area (Å²) in [5.74, 6) is 0.910. The standard InChI is InChI=1S/C21H22N4O/c1-15-9-16(2)11-18(10-15)21(4-5-21)20(26)24-13-17-3-6-23-19(12-17)25-8-7-22-14-25/h3,6-12,14H,4-5,13H2,1-2H3,(H,24,26). The molecule has 0 bridgehead atoms. The lowest BCUT2D eigenvalue weighted by Crippen LogP contribution is -2.34. The number of hydrogen-bond acceptors (Lipinski definition) is 3. The van der Waals surface area contributed by atoms with Crippen molar-refractivity contribution in [3.05, 3.63) is 77.5 Å². The van der Waals surface area contributed by atoms with Crippen LogP contribution in [0.3, 0.4) is 0 Å². The summed E-state index contributed by atoms with van der Waals surface area (Å²) in [6, 6.07) is 10.3. The lowest BCUT2D eigenvalue weighted by atomic mass is 9.92. The van der Waals surface area contributed by atoms with Gasteiger partial charge in [0, 0.05) is 25.1 Å². The van der Waals surface area contributed by atoms with E-state index < -0.39 is 0 Å². The maximum absolute atomic E-state index is 12.9. The lowest BCUT2D eigenvalue weighted by molar-refractivity contribution is -0.123. The minimum atomic E-state index is -0.350. The quantitative estimate of drug-likeness (QED) is 0.771. The highest BCUT2D eigenvalue weighted by molar-refractivity contribution is 5.91. The van der Waals surface area contributed by atoms with Crippen molar-refractivity contribution in [3.8, 4) is 5.82 Å². The van der Waals surface area contributed by atoms with Crippen LogP contribution in [-0.4, -0.2) is 20.4 Å². The van der Waals surface area contributed by atoms with Gasteiger partial charge in [-0.3, -0.25) is 9.36 Å². The number of aromatic nitrogens is 3. The zero-order valence-corrected chi connectivity index (χ0v) is 15.1. The van der Waals surface area contributed by atoms with Crippen LogP contribution in [0, 0.1) is 13.8 Å². The molecule has 132 valence electrons. The van der Waals surface area contributed by atoms with Crippen molar-refractivity contribution in [2.75, 3.05) is 0 Å². The van der Waals surface area contributed by atoms with Gasteiger partial charge in [-0.1, -0.05) is 29.3 Å². The van der Waals surface area contributed by atoms with Gasteiger partial charge in [0.25, 0.3) is 0 Å². The van der Waals surface area contributed by atoms with Crippen LogP contribution in [0.2, 0.25) is 0 Å². The molecule has 0 saturated heterocycles. The molecule has 1 saturated carbocycles. The van der Waals surface area contributed by atoms with E-state index >= 15 is 0 Å². The molecular formula is C21H22N4O. The largest absolute Gasteiger partial charge is 0.351 e. The molecule has 2 aromatic heterocycles. The van der Waals surface area contributed by atoms with Gasteiger partial charge in [-0.2, -0.15) is 0 Å². The molecule has 0 radical (unpaired) electrons. The van der Waals surface area contributed by atoms with Crippen LogP contribution in [0.25, 0.3) is 5.82 Å². The molecule has 0 unspecified atom stereocenters. The Labute approximate surface area is 153 Å². The molecule has 1 aromatic carbocycles. The zero-order chi connectivity index (χ0) is 18.1. The van der Waals surface area contributed by atoms with E-state index in [1.165, 1.54) is 11.1 Å². The Hall–Kier alpha value is -2.95. The number of aryl methyl sites for hydroxylation is 2. The summed E-state index contributed by atoms with van der Waals surface area (Å²) in [5.41, 5.74) is 4.22. The van der Waals surface area contributed by atoms with E-state index in [2.05, 4.69) is 47.3 Å². The zero-order valence-electron chi connectivity index (χ0n) is 15.1. The number of pyridine rings is 1. The number of nitrogens with zero attached hydrogens (tertiary/aromatic N) is 3. The highest BCUT2D eigenvalue weighted by Crippen LogP contribution is 2.48. The summed E-state index contributed by atoms with van der Waals surface area (Å²) in [6.07, 6.45) is 8.87. The SMILES string of the molecule is Cc1cc(C)cc(C2(C(=O)NCc3ccnc(-n4ccnc4)c3)CC2)c1. The molecule has 1 fully saturated rings. The van der Waals surface area contributed by atoms with E-state index in [1.54, 1.807) is 18.7 Å². The van der Waals surface area contributed by atoms with Crippen LogP contribution < -0.4 is 5.32 Å². The Balaban J connectivity index is 1.48. The Kier molecular flexibility index (Phi) is 4.07. The minimum absolute atomic E-state index is 0.114. The molecule has 1 aliphatic rings. The Morgan fingerprint density at radius 1 is 1.15 bits per heavy atom. The second-order valence-electron chi connectivity index (χ2n) is 7.13. The first kappa shape index (κ1) is 16.5. The second-order valence-corrected chi connectivity index (χ2v) is 7.13. The summed E-state index contributed by atoms with van der Waals surface area (Å²) in [5, 5.41) is 3.12. The van der Waals surface area contributed by atoms with Crippen LogP contribution >= 0.6 is 0 Å². The molecule has 26 heavy (non-hydrogen) atoms. The molecule has 5 nitrogen and oxygen atoms in total. The highest BCUT2D eigenvalue weighted by Gasteiger charge is 2.51. The van der Waals surface area contributed by atoms with Gasteiger partial charge in [0.2, 0.25) is 5.91 Å². The molecule has 5 heteroatoms. The molecule has 4 rings (SSSR count). The van der Waals surface area contributed by atoms with Gasteiger partial charge in [0.05, 0.1) is 5.41 Å². The number of rotatable bonds is 5. The monoisotopic (exact) mass is 346 g/mol. The van der Waals surface area contributed by atoms with Crippen molar-refractivity contribution in [2.45, 2.75) is 38.6 Å². The normalized spacial score (nSPS) is 14.8. The van der Waals surface area contributed by atoms with E-state index in [0.29, 0.717) is 6.54 Å². The molecule has 0 atom stereocenters. The van der Waals surface area contributed by atoms with E-state index in [4.69, 9.17) is 0 Å². The summed E-state index contributed by atoms with van der Waals surface area (Å²) in [4.78, 5) is 21.3. The van der Waals surface area contributed by atoms with Gasteiger partial charge >= 0.3 is 0 Å². The Morgan fingerprint density at radius 3 is 2.58 bits per heavy atom. The number of amides is 1. The summed E-state index contributed by atoms with van der Waals surface area (Å²) in [7, 11) is 0. The predicted molar refractivity (Wildman–Crippen MR) is 100 cm³/mol. The maximum atomic E-state index is 12.9. The molecule has 1 amide bonds. The van der Waals surface area contributed by atoms with Crippen LogP contribution in [0.15, 0.2) is 55.2 Å². The molecule has 3 aromatic rings. The van der Waals surface area contributed by atoms with Crippen molar-refractivity contribution >= 4 is 5.91 Å². The molecule has 0 aliphatic heterocycles. The van der Waals surface area contributed by atoms with Crippen LogP contribution in [0.1, 0.15) is 35.1 Å². The van der Waals surface area contributed by atoms with Gasteiger partial charge in [-0.05, 0) is 49.9 Å².